The molecule has 0 N–H and O–H groups in total. The van der Waals surface area contributed by atoms with E-state index in [0.717, 1.165) is 55.7 Å². The lowest BCUT2D eigenvalue weighted by Crippen LogP contribution is -2.36. The van der Waals surface area contributed by atoms with Gasteiger partial charge in [0.25, 0.3) is 0 Å². The van der Waals surface area contributed by atoms with Gasteiger partial charge in [0.05, 0.1) is 20.3 Å². The molecule has 1 aliphatic heterocycles. The number of nitrogens with zero attached hydrogens (tertiary/aromatic N) is 1. The van der Waals surface area contributed by atoms with Crippen LogP contribution in [0.3, 0.4) is 0 Å². The summed E-state index contributed by atoms with van der Waals surface area (Å²) in [5.74, 6) is 2.07. The van der Waals surface area contributed by atoms with Gasteiger partial charge in [0.15, 0.2) is 0 Å². The van der Waals surface area contributed by atoms with Crippen LogP contribution in [-0.2, 0) is 4.79 Å². The minimum atomic E-state index is 0.0958. The van der Waals surface area contributed by atoms with Crippen molar-refractivity contribution in [2.24, 2.45) is 5.92 Å². The molecule has 23 heavy (non-hydrogen) atoms. The van der Waals surface area contributed by atoms with Crippen molar-refractivity contribution in [2.45, 2.75) is 38.1 Å². The van der Waals surface area contributed by atoms with Gasteiger partial charge in [-0.05, 0) is 50.3 Å². The molecule has 2 aliphatic rings. The van der Waals surface area contributed by atoms with Gasteiger partial charge < -0.3 is 14.4 Å². The van der Waals surface area contributed by atoms with Crippen LogP contribution in [-0.4, -0.2) is 31.6 Å². The van der Waals surface area contributed by atoms with Gasteiger partial charge in [0.1, 0.15) is 11.5 Å². The monoisotopic (exact) mass is 315 g/mol. The van der Waals surface area contributed by atoms with Gasteiger partial charge in [-0.15, -0.1) is 0 Å². The first-order chi connectivity index (χ1) is 11.2. The Labute approximate surface area is 138 Å². The summed E-state index contributed by atoms with van der Waals surface area (Å²) in [4.78, 5) is 15.0. The largest absolute Gasteiger partial charge is 0.497 e. The van der Waals surface area contributed by atoms with Crippen LogP contribution in [0.25, 0.3) is 0 Å². The molecule has 0 bridgehead atoms. The zero-order chi connectivity index (χ0) is 16.2. The Balaban J connectivity index is 1.86. The van der Waals surface area contributed by atoms with Gasteiger partial charge in [-0.1, -0.05) is 12.2 Å². The predicted molar refractivity (Wildman–Crippen MR) is 89.7 cm³/mol. The van der Waals surface area contributed by atoms with Crippen molar-refractivity contribution >= 4 is 5.91 Å². The fraction of sp³-hybridized carbons (Fsp3) is 0.526. The highest BCUT2D eigenvalue weighted by Crippen LogP contribution is 2.40. The van der Waals surface area contributed by atoms with Gasteiger partial charge >= 0.3 is 0 Å². The van der Waals surface area contributed by atoms with Crippen LogP contribution in [0.15, 0.2) is 30.4 Å². The Hall–Kier alpha value is -1.97. The minimum absolute atomic E-state index is 0.0958. The van der Waals surface area contributed by atoms with Gasteiger partial charge in [0, 0.05) is 18.0 Å². The highest BCUT2D eigenvalue weighted by Gasteiger charge is 2.35. The maximum Gasteiger partial charge on any atom is 0.226 e. The normalized spacial score (nSPS) is 23.8. The molecule has 4 nitrogen and oxygen atoms in total. The summed E-state index contributed by atoms with van der Waals surface area (Å²) in [6.07, 6.45) is 9.19. The lowest BCUT2D eigenvalue weighted by atomic mass is 9.92. The highest BCUT2D eigenvalue weighted by molar-refractivity contribution is 5.80. The number of benzene rings is 1. The summed E-state index contributed by atoms with van der Waals surface area (Å²) in [5.41, 5.74) is 1.06. The van der Waals surface area contributed by atoms with Crippen molar-refractivity contribution in [2.75, 3.05) is 20.8 Å². The van der Waals surface area contributed by atoms with Crippen LogP contribution in [0.4, 0.5) is 0 Å². The van der Waals surface area contributed by atoms with Crippen LogP contribution in [0.1, 0.15) is 43.7 Å². The second-order valence-electron chi connectivity index (χ2n) is 6.28. The number of rotatable bonds is 4. The molecule has 1 aromatic carbocycles. The predicted octanol–water partition coefficient (Wildman–Crippen LogP) is 3.72. The molecule has 124 valence electrons. The molecule has 4 heteroatoms. The number of hydrogen-bond acceptors (Lipinski definition) is 3. The molecular formula is C19H25NO3. The van der Waals surface area contributed by atoms with Crippen molar-refractivity contribution in [1.82, 2.24) is 4.90 Å². The number of methoxy groups -OCH3 is 2. The van der Waals surface area contributed by atoms with E-state index in [1.807, 2.05) is 18.2 Å². The highest BCUT2D eigenvalue weighted by atomic mass is 16.5. The first-order valence-electron chi connectivity index (χ1n) is 8.42. The summed E-state index contributed by atoms with van der Waals surface area (Å²) in [6, 6.07) is 5.93. The third kappa shape index (κ3) is 3.21. The molecule has 1 aliphatic carbocycles. The topological polar surface area (TPSA) is 38.8 Å². The molecule has 0 radical (unpaired) electrons. The number of likely N-dealkylation sites (tertiary alicyclic amines) is 1. The van der Waals surface area contributed by atoms with Crippen LogP contribution in [0, 0.1) is 5.92 Å². The van der Waals surface area contributed by atoms with Gasteiger partial charge in [-0.25, -0.2) is 0 Å². The van der Waals surface area contributed by atoms with E-state index in [9.17, 15) is 4.79 Å². The van der Waals surface area contributed by atoms with Crippen LogP contribution in [0.2, 0.25) is 0 Å². The lowest BCUT2D eigenvalue weighted by Gasteiger charge is -2.30. The van der Waals surface area contributed by atoms with E-state index >= 15 is 0 Å². The van der Waals surface area contributed by atoms with Crippen molar-refractivity contribution in [3.8, 4) is 11.5 Å². The molecular weight excluding hydrogens is 290 g/mol. The number of hydrogen-bond donors (Lipinski definition) is 0. The van der Waals surface area contributed by atoms with Crippen LogP contribution in [0.5, 0.6) is 11.5 Å². The molecule has 1 amide bonds. The van der Waals surface area contributed by atoms with Gasteiger partial charge in [0.2, 0.25) is 5.91 Å². The number of carbonyl (C=O) groups excluding carboxylic acids is 1. The maximum atomic E-state index is 13.0. The second kappa shape index (κ2) is 7.07. The van der Waals surface area contributed by atoms with Crippen molar-refractivity contribution in [3.05, 3.63) is 35.9 Å². The second-order valence-corrected chi connectivity index (χ2v) is 6.28. The Morgan fingerprint density at radius 3 is 2.74 bits per heavy atom. The van der Waals surface area contributed by atoms with Crippen LogP contribution >= 0.6 is 0 Å². The Morgan fingerprint density at radius 2 is 2.04 bits per heavy atom. The van der Waals surface area contributed by atoms with E-state index in [1.54, 1.807) is 14.2 Å². The zero-order valence-corrected chi connectivity index (χ0v) is 14.0. The molecule has 0 spiro atoms. The Morgan fingerprint density at radius 1 is 1.17 bits per heavy atom. The van der Waals surface area contributed by atoms with Crippen molar-refractivity contribution in [3.63, 3.8) is 0 Å². The summed E-state index contributed by atoms with van der Waals surface area (Å²) in [5, 5.41) is 0. The molecule has 2 atom stereocenters. The SMILES string of the molecule is COc1ccc(OC)c(C2CCCN2C(=O)C2CC=CCC2)c1. The Bertz CT molecular complexity index is 596. The third-order valence-corrected chi connectivity index (χ3v) is 4.95. The quantitative estimate of drug-likeness (QED) is 0.795. The smallest absolute Gasteiger partial charge is 0.226 e. The third-order valence-electron chi connectivity index (χ3n) is 4.95. The maximum absolute atomic E-state index is 13.0. The number of carbonyl (C=O) groups is 1. The van der Waals surface area contributed by atoms with E-state index < -0.39 is 0 Å². The van der Waals surface area contributed by atoms with Crippen molar-refractivity contribution in [1.29, 1.82) is 0 Å². The van der Waals surface area contributed by atoms with Gasteiger partial charge in [-0.3, -0.25) is 4.79 Å². The molecule has 1 heterocycles. The zero-order valence-electron chi connectivity index (χ0n) is 14.0. The molecule has 0 saturated carbocycles. The summed E-state index contributed by atoms with van der Waals surface area (Å²) in [6.45, 7) is 0.837. The van der Waals surface area contributed by atoms with E-state index in [-0.39, 0.29) is 12.0 Å². The molecule has 1 aromatic rings. The van der Waals surface area contributed by atoms with E-state index in [0.29, 0.717) is 5.91 Å². The average Bonchev–Trinajstić information content (AvgIpc) is 3.10. The average molecular weight is 315 g/mol. The summed E-state index contributed by atoms with van der Waals surface area (Å²) in [7, 11) is 3.34. The van der Waals surface area contributed by atoms with Gasteiger partial charge in [-0.2, -0.15) is 0 Å². The first kappa shape index (κ1) is 15.9. The molecule has 3 rings (SSSR count). The molecule has 2 unspecified atom stereocenters. The van der Waals surface area contributed by atoms with E-state index in [1.165, 1.54) is 0 Å². The minimum Gasteiger partial charge on any atom is -0.497 e. The van der Waals surface area contributed by atoms with Crippen LogP contribution < -0.4 is 9.47 Å². The van der Waals surface area contributed by atoms with E-state index in [4.69, 9.17) is 9.47 Å². The summed E-state index contributed by atoms with van der Waals surface area (Å²) >= 11 is 0. The number of allylic oxidation sites excluding steroid dienone is 2. The van der Waals surface area contributed by atoms with Crippen molar-refractivity contribution < 1.29 is 14.3 Å². The standard InChI is InChI=1S/C19H25NO3/c1-22-15-10-11-18(23-2)16(13-15)17-9-6-12-20(17)19(21)14-7-4-3-5-8-14/h3-4,10-11,13-14,17H,5-9,12H2,1-2H3. The molecule has 1 saturated heterocycles. The number of ether oxygens (including phenoxy) is 2. The fourth-order valence-electron chi connectivity index (χ4n) is 3.71. The number of amides is 1. The first-order valence-corrected chi connectivity index (χ1v) is 8.42. The molecule has 1 fully saturated rings. The Kier molecular flexibility index (Phi) is 4.89. The fourth-order valence-corrected chi connectivity index (χ4v) is 3.71. The van der Waals surface area contributed by atoms with E-state index in [2.05, 4.69) is 17.1 Å². The lowest BCUT2D eigenvalue weighted by molar-refractivity contribution is -0.136. The summed E-state index contributed by atoms with van der Waals surface area (Å²) < 4.78 is 10.9. The molecule has 0 aromatic heterocycles.